The Morgan fingerprint density at radius 2 is 1.28 bits per heavy atom. The minimum atomic E-state index is -0.676. The number of amides is 4. The molecule has 0 aromatic carbocycles. The van der Waals surface area contributed by atoms with Gasteiger partial charge >= 0.3 is 12.2 Å². The van der Waals surface area contributed by atoms with Crippen molar-refractivity contribution in [2.45, 2.75) is 58.8 Å². The van der Waals surface area contributed by atoms with E-state index in [1.54, 1.807) is 41.5 Å². The summed E-state index contributed by atoms with van der Waals surface area (Å²) in [6.07, 6.45) is -1.17. The van der Waals surface area contributed by atoms with Crippen molar-refractivity contribution in [2.24, 2.45) is 0 Å². The van der Waals surface area contributed by atoms with Gasteiger partial charge in [-0.15, -0.1) is 11.8 Å². The van der Waals surface area contributed by atoms with Gasteiger partial charge in [0.05, 0.1) is 65.2 Å². The lowest BCUT2D eigenvalue weighted by Gasteiger charge is -2.27. The predicted molar refractivity (Wildman–Crippen MR) is 160 cm³/mol. The van der Waals surface area contributed by atoms with Crippen molar-refractivity contribution in [3.8, 4) is 0 Å². The average molecular weight is 636 g/mol. The number of hydrogen-bond acceptors (Lipinski definition) is 12. The first kappa shape index (κ1) is 38.4. The molecule has 16 heteroatoms. The third-order valence-electron chi connectivity index (χ3n) is 5.11. The van der Waals surface area contributed by atoms with E-state index in [4.69, 9.17) is 23.7 Å². The van der Waals surface area contributed by atoms with Crippen molar-refractivity contribution in [2.75, 3.05) is 84.0 Å². The molecule has 4 N–H and O–H groups in total. The summed E-state index contributed by atoms with van der Waals surface area (Å²) in [4.78, 5) is 61.3. The number of ketones is 1. The van der Waals surface area contributed by atoms with Crippen LogP contribution in [0.25, 0.3) is 0 Å². The standard InChI is InChI=1S/C27H49N5O10S/c1-26(2,3)41-24(36)31-16-20(33)15-28-17-22(34)29-7-9-38-11-13-40-14-12-39-10-8-30-23(35)21-18-43-19-32(21)25(37)42-27(4,5)6/h21,28H,7-19H2,1-6H3,(H,29,34)(H,30,35)(H,31,36). The molecule has 0 bridgehead atoms. The van der Waals surface area contributed by atoms with Crippen LogP contribution in [0.3, 0.4) is 0 Å². The van der Waals surface area contributed by atoms with E-state index in [1.165, 1.54) is 16.7 Å². The lowest BCUT2D eigenvalue weighted by Crippen LogP contribution is -2.49. The molecule has 1 fully saturated rings. The Bertz CT molecular complexity index is 894. The van der Waals surface area contributed by atoms with Gasteiger partial charge in [0.25, 0.3) is 0 Å². The smallest absolute Gasteiger partial charge is 0.411 e. The molecule has 0 aromatic heterocycles. The van der Waals surface area contributed by atoms with Gasteiger partial charge in [-0.2, -0.15) is 0 Å². The number of thioether (sulfide) groups is 1. The van der Waals surface area contributed by atoms with E-state index in [2.05, 4.69) is 21.3 Å². The van der Waals surface area contributed by atoms with Crippen molar-refractivity contribution in [1.29, 1.82) is 0 Å². The highest BCUT2D eigenvalue weighted by atomic mass is 32.2. The molecule has 0 radical (unpaired) electrons. The molecule has 1 aliphatic heterocycles. The van der Waals surface area contributed by atoms with Crippen LogP contribution < -0.4 is 21.3 Å². The lowest BCUT2D eigenvalue weighted by atomic mass is 10.2. The largest absolute Gasteiger partial charge is 0.444 e. The number of alkyl carbamates (subject to hydrolysis) is 1. The number of carbonyl (C=O) groups is 5. The summed E-state index contributed by atoms with van der Waals surface area (Å²) in [5, 5.41) is 10.5. The third kappa shape index (κ3) is 20.0. The number of ether oxygens (including phenoxy) is 5. The van der Waals surface area contributed by atoms with Crippen molar-refractivity contribution in [3.63, 3.8) is 0 Å². The van der Waals surface area contributed by atoms with Crippen LogP contribution in [0.4, 0.5) is 9.59 Å². The Balaban J connectivity index is 1.94. The fourth-order valence-corrected chi connectivity index (χ4v) is 4.40. The Morgan fingerprint density at radius 1 is 0.721 bits per heavy atom. The highest BCUT2D eigenvalue weighted by Gasteiger charge is 2.37. The Labute approximate surface area is 258 Å². The SMILES string of the molecule is CC(C)(C)OC(=O)NCC(=O)CNCC(=O)NCCOCCOCCOCCNC(=O)C1CSCN1C(=O)OC(C)(C)C. The molecule has 0 spiro atoms. The van der Waals surface area contributed by atoms with E-state index in [-0.39, 0.29) is 37.2 Å². The Morgan fingerprint density at radius 3 is 1.86 bits per heavy atom. The lowest BCUT2D eigenvalue weighted by molar-refractivity contribution is -0.125. The molecule has 1 unspecified atom stereocenters. The monoisotopic (exact) mass is 635 g/mol. The average Bonchev–Trinajstić information content (AvgIpc) is 3.39. The number of Topliss-reactive ketones (excluding diaryl/α,β-unsaturated/α-hetero) is 1. The Hall–Kier alpha value is -2.66. The van der Waals surface area contributed by atoms with Gasteiger partial charge in [0.2, 0.25) is 11.8 Å². The maximum atomic E-state index is 12.5. The van der Waals surface area contributed by atoms with Gasteiger partial charge in [-0.25, -0.2) is 9.59 Å². The van der Waals surface area contributed by atoms with Crippen LogP contribution in [0, 0.1) is 0 Å². The topological polar surface area (TPSA) is 183 Å². The summed E-state index contributed by atoms with van der Waals surface area (Å²) in [7, 11) is 0. The molecule has 43 heavy (non-hydrogen) atoms. The molecule has 1 atom stereocenters. The van der Waals surface area contributed by atoms with Crippen molar-refractivity contribution in [3.05, 3.63) is 0 Å². The minimum absolute atomic E-state index is 0.0465. The predicted octanol–water partition coefficient (Wildman–Crippen LogP) is 0.262. The van der Waals surface area contributed by atoms with Gasteiger partial charge in [0.1, 0.15) is 17.2 Å². The van der Waals surface area contributed by atoms with Crippen LogP contribution in [-0.4, -0.2) is 136 Å². The van der Waals surface area contributed by atoms with Crippen LogP contribution in [0.1, 0.15) is 41.5 Å². The van der Waals surface area contributed by atoms with Gasteiger partial charge in [-0.1, -0.05) is 0 Å². The molecular weight excluding hydrogens is 586 g/mol. The second kappa shape index (κ2) is 20.3. The maximum absolute atomic E-state index is 12.5. The number of hydrogen-bond donors (Lipinski definition) is 4. The van der Waals surface area contributed by atoms with Crippen LogP contribution in [0.2, 0.25) is 0 Å². The maximum Gasteiger partial charge on any atom is 0.411 e. The van der Waals surface area contributed by atoms with E-state index >= 15 is 0 Å². The van der Waals surface area contributed by atoms with Crippen molar-refractivity contribution in [1.82, 2.24) is 26.2 Å². The summed E-state index contributed by atoms with van der Waals surface area (Å²) in [6, 6.07) is -0.565. The summed E-state index contributed by atoms with van der Waals surface area (Å²) in [6.45, 7) is 12.9. The normalized spacial score (nSPS) is 15.1. The van der Waals surface area contributed by atoms with E-state index in [1.807, 2.05) is 0 Å². The van der Waals surface area contributed by atoms with Gasteiger partial charge in [-0.05, 0) is 41.5 Å². The molecule has 1 aliphatic rings. The molecule has 0 aliphatic carbocycles. The summed E-state index contributed by atoms with van der Waals surface area (Å²) in [5.41, 5.74) is -1.27. The molecule has 1 saturated heterocycles. The number of nitrogens with one attached hydrogen (secondary N) is 4. The van der Waals surface area contributed by atoms with Gasteiger partial charge in [0.15, 0.2) is 5.78 Å². The first-order chi connectivity index (χ1) is 20.2. The second-order valence-corrected chi connectivity index (χ2v) is 12.4. The summed E-state index contributed by atoms with van der Waals surface area (Å²) in [5.74, 6) is 0.125. The second-order valence-electron chi connectivity index (χ2n) is 11.4. The fraction of sp³-hybridized carbons (Fsp3) is 0.815. The zero-order chi connectivity index (χ0) is 32.3. The van der Waals surface area contributed by atoms with Crippen LogP contribution in [-0.2, 0) is 38.1 Å². The minimum Gasteiger partial charge on any atom is -0.444 e. The molecule has 0 saturated carbocycles. The van der Waals surface area contributed by atoms with Gasteiger partial charge in [-0.3, -0.25) is 19.3 Å². The van der Waals surface area contributed by atoms with E-state index < -0.39 is 29.4 Å². The van der Waals surface area contributed by atoms with Crippen molar-refractivity contribution >= 4 is 41.5 Å². The molecule has 15 nitrogen and oxygen atoms in total. The zero-order valence-electron chi connectivity index (χ0n) is 26.2. The fourth-order valence-electron chi connectivity index (χ4n) is 3.25. The van der Waals surface area contributed by atoms with Gasteiger partial charge in [0, 0.05) is 18.8 Å². The Kier molecular flexibility index (Phi) is 18.1. The summed E-state index contributed by atoms with van der Waals surface area (Å²) >= 11 is 1.50. The first-order valence-electron chi connectivity index (χ1n) is 14.2. The molecular formula is C27H49N5O10S. The quantitative estimate of drug-likeness (QED) is 0.142. The molecule has 248 valence electrons. The number of carbonyl (C=O) groups excluding carboxylic acids is 5. The highest BCUT2D eigenvalue weighted by molar-refractivity contribution is 7.99. The van der Waals surface area contributed by atoms with Gasteiger partial charge < -0.3 is 45.0 Å². The summed E-state index contributed by atoms with van der Waals surface area (Å²) < 4.78 is 26.7. The van der Waals surface area contributed by atoms with Crippen LogP contribution in [0.15, 0.2) is 0 Å². The van der Waals surface area contributed by atoms with Crippen molar-refractivity contribution < 1.29 is 47.7 Å². The molecule has 0 aromatic rings. The first-order valence-corrected chi connectivity index (χ1v) is 15.4. The number of nitrogens with zero attached hydrogens (tertiary/aromatic N) is 1. The molecule has 1 heterocycles. The van der Waals surface area contributed by atoms with E-state index in [9.17, 15) is 24.0 Å². The molecule has 1 rings (SSSR count). The highest BCUT2D eigenvalue weighted by Crippen LogP contribution is 2.23. The molecule has 4 amide bonds. The van der Waals surface area contributed by atoms with Crippen LogP contribution in [0.5, 0.6) is 0 Å². The van der Waals surface area contributed by atoms with E-state index in [0.717, 1.165) is 0 Å². The zero-order valence-corrected chi connectivity index (χ0v) is 27.0. The van der Waals surface area contributed by atoms with E-state index in [0.29, 0.717) is 64.4 Å². The van der Waals surface area contributed by atoms with Crippen LogP contribution >= 0.6 is 11.8 Å². The third-order valence-corrected chi connectivity index (χ3v) is 6.12. The number of rotatable bonds is 19.